The third-order valence-corrected chi connectivity index (χ3v) is 6.22. The molecule has 3 rings (SSSR count). The number of anilines is 2. The minimum Gasteiger partial charge on any atom is -0.462 e. The van der Waals surface area contributed by atoms with Gasteiger partial charge in [0.05, 0.1) is 27.8 Å². The topological polar surface area (TPSA) is 102 Å². The zero-order chi connectivity index (χ0) is 23.3. The average Bonchev–Trinajstić information content (AvgIpc) is 2.77. The summed E-state index contributed by atoms with van der Waals surface area (Å²) >= 11 is 6.23. The van der Waals surface area contributed by atoms with Gasteiger partial charge in [0.2, 0.25) is 0 Å². The number of aryl methyl sites for hydroxylation is 1. The smallest absolute Gasteiger partial charge is 0.338 e. The lowest BCUT2D eigenvalue weighted by Crippen LogP contribution is -2.15. The largest absolute Gasteiger partial charge is 0.462 e. The Kier molecular flexibility index (Phi) is 7.17. The van der Waals surface area contributed by atoms with Crippen LogP contribution in [0.1, 0.15) is 33.2 Å². The SMILES string of the molecule is CCOC(=O)c1ccc(C)c(NC(=O)c2ccc(NS(=O)(=O)c3ccccc3)c(Cl)c2)c1. The summed E-state index contributed by atoms with van der Waals surface area (Å²) in [7, 11) is -3.82. The standard InChI is InChI=1S/C23H21ClN2O5S/c1-3-31-23(28)17-10-9-15(2)21(14-17)25-22(27)16-11-12-20(19(24)13-16)26-32(29,30)18-7-5-4-6-8-18/h4-14,26H,3H2,1-2H3,(H,25,27). The van der Waals surface area contributed by atoms with Crippen LogP contribution >= 0.6 is 11.6 Å². The Labute approximate surface area is 191 Å². The second-order valence-corrected chi connectivity index (χ2v) is 8.91. The molecule has 3 aromatic rings. The van der Waals surface area contributed by atoms with Crippen LogP contribution in [0.5, 0.6) is 0 Å². The third kappa shape index (κ3) is 5.46. The molecule has 0 radical (unpaired) electrons. The molecule has 0 aliphatic rings. The summed E-state index contributed by atoms with van der Waals surface area (Å²) in [6.45, 7) is 3.74. The fraction of sp³-hybridized carbons (Fsp3) is 0.130. The van der Waals surface area contributed by atoms with Crippen LogP contribution in [0, 0.1) is 6.92 Å². The summed E-state index contributed by atoms with van der Waals surface area (Å²) < 4.78 is 32.4. The van der Waals surface area contributed by atoms with E-state index in [2.05, 4.69) is 10.0 Å². The first kappa shape index (κ1) is 23.3. The van der Waals surface area contributed by atoms with Crippen LogP contribution in [-0.2, 0) is 14.8 Å². The van der Waals surface area contributed by atoms with Gasteiger partial charge in [0.15, 0.2) is 0 Å². The number of ether oxygens (including phenoxy) is 1. The van der Waals surface area contributed by atoms with Crippen molar-refractivity contribution < 1.29 is 22.7 Å². The van der Waals surface area contributed by atoms with Crippen LogP contribution < -0.4 is 10.0 Å². The summed E-state index contributed by atoms with van der Waals surface area (Å²) in [5.74, 6) is -0.949. The van der Waals surface area contributed by atoms with E-state index in [0.717, 1.165) is 5.56 Å². The summed E-state index contributed by atoms with van der Waals surface area (Å²) in [4.78, 5) is 24.8. The van der Waals surface area contributed by atoms with Crippen molar-refractivity contribution >= 4 is 44.9 Å². The highest BCUT2D eigenvalue weighted by atomic mass is 35.5. The Balaban J connectivity index is 1.79. The molecule has 0 saturated carbocycles. The maximum atomic E-state index is 12.7. The Bertz CT molecular complexity index is 1260. The van der Waals surface area contributed by atoms with E-state index >= 15 is 0 Å². The van der Waals surface area contributed by atoms with Crippen LogP contribution in [-0.4, -0.2) is 26.9 Å². The Morgan fingerprint density at radius 3 is 2.28 bits per heavy atom. The molecule has 0 aliphatic heterocycles. The number of carbonyl (C=O) groups is 2. The number of amides is 1. The van der Waals surface area contributed by atoms with Crippen molar-refractivity contribution in [3.05, 3.63) is 88.4 Å². The van der Waals surface area contributed by atoms with Crippen LogP contribution in [0.15, 0.2) is 71.6 Å². The van der Waals surface area contributed by atoms with Gasteiger partial charge in [0.1, 0.15) is 0 Å². The predicted octanol–water partition coefficient (Wildman–Crippen LogP) is 4.88. The molecule has 0 unspecified atom stereocenters. The molecule has 2 N–H and O–H groups in total. The molecule has 0 atom stereocenters. The van der Waals surface area contributed by atoms with Gasteiger partial charge in [0, 0.05) is 11.3 Å². The molecular weight excluding hydrogens is 452 g/mol. The van der Waals surface area contributed by atoms with E-state index in [1.165, 1.54) is 36.4 Å². The minimum atomic E-state index is -3.82. The summed E-state index contributed by atoms with van der Waals surface area (Å²) in [5.41, 5.74) is 1.89. The molecule has 9 heteroatoms. The van der Waals surface area contributed by atoms with E-state index in [4.69, 9.17) is 16.3 Å². The molecule has 0 aliphatic carbocycles. The van der Waals surface area contributed by atoms with E-state index < -0.39 is 21.9 Å². The number of esters is 1. The van der Waals surface area contributed by atoms with E-state index in [0.29, 0.717) is 11.3 Å². The lowest BCUT2D eigenvalue weighted by atomic mass is 10.1. The van der Waals surface area contributed by atoms with Crippen LogP contribution in [0.2, 0.25) is 5.02 Å². The number of sulfonamides is 1. The molecular formula is C23H21ClN2O5S. The van der Waals surface area contributed by atoms with Crippen molar-refractivity contribution in [2.45, 2.75) is 18.7 Å². The number of benzene rings is 3. The van der Waals surface area contributed by atoms with Crippen molar-refractivity contribution in [1.82, 2.24) is 0 Å². The van der Waals surface area contributed by atoms with Gasteiger partial charge in [0.25, 0.3) is 15.9 Å². The summed E-state index contributed by atoms with van der Waals surface area (Å²) in [6, 6.07) is 17.0. The molecule has 0 fully saturated rings. The van der Waals surface area contributed by atoms with Gasteiger partial charge < -0.3 is 10.1 Å². The van der Waals surface area contributed by atoms with Gasteiger partial charge in [-0.2, -0.15) is 0 Å². The minimum absolute atomic E-state index is 0.0640. The first-order chi connectivity index (χ1) is 15.2. The zero-order valence-corrected chi connectivity index (χ0v) is 19.0. The molecule has 0 spiro atoms. The van der Waals surface area contributed by atoms with Crippen molar-refractivity contribution in [3.63, 3.8) is 0 Å². The molecule has 0 aromatic heterocycles. The highest BCUT2D eigenvalue weighted by molar-refractivity contribution is 7.92. The van der Waals surface area contributed by atoms with Gasteiger partial charge in [-0.15, -0.1) is 0 Å². The lowest BCUT2D eigenvalue weighted by Gasteiger charge is -2.13. The Hall–Kier alpha value is -3.36. The third-order valence-electron chi connectivity index (χ3n) is 4.53. The lowest BCUT2D eigenvalue weighted by molar-refractivity contribution is 0.0526. The number of hydrogen-bond donors (Lipinski definition) is 2. The Morgan fingerprint density at radius 1 is 0.938 bits per heavy atom. The molecule has 0 bridgehead atoms. The maximum Gasteiger partial charge on any atom is 0.338 e. The van der Waals surface area contributed by atoms with Gasteiger partial charge >= 0.3 is 5.97 Å². The highest BCUT2D eigenvalue weighted by Crippen LogP contribution is 2.27. The van der Waals surface area contributed by atoms with Crippen LogP contribution in [0.25, 0.3) is 0 Å². The van der Waals surface area contributed by atoms with Crippen molar-refractivity contribution in [3.8, 4) is 0 Å². The maximum absolute atomic E-state index is 12.7. The first-order valence-corrected chi connectivity index (χ1v) is 11.5. The van der Waals surface area contributed by atoms with Gasteiger partial charge in [-0.05, 0) is 61.9 Å². The summed E-state index contributed by atoms with van der Waals surface area (Å²) in [5, 5.41) is 2.80. The molecule has 0 heterocycles. The fourth-order valence-corrected chi connectivity index (χ4v) is 4.22. The number of hydrogen-bond acceptors (Lipinski definition) is 5. The number of rotatable bonds is 7. The van der Waals surface area contributed by atoms with E-state index in [-0.39, 0.29) is 27.8 Å². The highest BCUT2D eigenvalue weighted by Gasteiger charge is 2.17. The number of halogens is 1. The zero-order valence-electron chi connectivity index (χ0n) is 17.4. The summed E-state index contributed by atoms with van der Waals surface area (Å²) in [6.07, 6.45) is 0. The number of nitrogens with one attached hydrogen (secondary N) is 2. The monoisotopic (exact) mass is 472 g/mol. The number of carbonyl (C=O) groups excluding carboxylic acids is 2. The normalized spacial score (nSPS) is 11.0. The van der Waals surface area contributed by atoms with Gasteiger partial charge in [-0.3, -0.25) is 9.52 Å². The average molecular weight is 473 g/mol. The second kappa shape index (κ2) is 9.84. The van der Waals surface area contributed by atoms with Crippen LogP contribution in [0.4, 0.5) is 11.4 Å². The van der Waals surface area contributed by atoms with Gasteiger partial charge in [-0.25, -0.2) is 13.2 Å². The second-order valence-electron chi connectivity index (χ2n) is 6.82. The van der Waals surface area contributed by atoms with Crippen molar-refractivity contribution in [2.75, 3.05) is 16.6 Å². The molecule has 7 nitrogen and oxygen atoms in total. The van der Waals surface area contributed by atoms with E-state index in [1.54, 1.807) is 44.2 Å². The predicted molar refractivity (Wildman–Crippen MR) is 124 cm³/mol. The Morgan fingerprint density at radius 2 is 1.62 bits per heavy atom. The first-order valence-electron chi connectivity index (χ1n) is 9.68. The molecule has 1 amide bonds. The van der Waals surface area contributed by atoms with Crippen molar-refractivity contribution in [2.24, 2.45) is 0 Å². The molecule has 166 valence electrons. The molecule has 32 heavy (non-hydrogen) atoms. The van der Waals surface area contributed by atoms with Crippen LogP contribution in [0.3, 0.4) is 0 Å². The van der Waals surface area contributed by atoms with Gasteiger partial charge in [-0.1, -0.05) is 35.9 Å². The molecule has 0 saturated heterocycles. The molecule has 3 aromatic carbocycles. The fourth-order valence-electron chi connectivity index (χ4n) is 2.84. The van der Waals surface area contributed by atoms with Crippen molar-refractivity contribution in [1.29, 1.82) is 0 Å². The quantitative estimate of drug-likeness (QED) is 0.477. The van der Waals surface area contributed by atoms with E-state index in [1.807, 2.05) is 0 Å². The van der Waals surface area contributed by atoms with E-state index in [9.17, 15) is 18.0 Å².